The number of carbonyl (C=O) groups is 4. The van der Waals surface area contributed by atoms with Gasteiger partial charge in [0.05, 0.1) is 13.2 Å². The van der Waals surface area contributed by atoms with Gasteiger partial charge in [-0.15, -0.1) is 0 Å². The van der Waals surface area contributed by atoms with E-state index in [1.54, 1.807) is 0 Å². The van der Waals surface area contributed by atoms with E-state index in [2.05, 4.69) is 20.9 Å². The summed E-state index contributed by atoms with van der Waals surface area (Å²) in [5, 5.41) is 25.8. The molecule has 3 amide bonds. The largest absolute Gasteiger partial charge is 0.480 e. The number of aliphatic hydroxyl groups is 1. The fourth-order valence-corrected chi connectivity index (χ4v) is 2.73. The second-order valence-electron chi connectivity index (χ2n) is 6.20. The zero-order chi connectivity index (χ0) is 23.1. The Kier molecular flexibility index (Phi) is 14.0. The summed E-state index contributed by atoms with van der Waals surface area (Å²) in [4.78, 5) is 51.4. The molecule has 0 heterocycles. The smallest absolute Gasteiger partial charge is 0.326 e. The number of nitrogens with two attached hydrogens (primary N) is 3. The van der Waals surface area contributed by atoms with Gasteiger partial charge < -0.3 is 43.4 Å². The molecule has 0 spiro atoms. The van der Waals surface area contributed by atoms with Crippen LogP contribution in [0.2, 0.25) is 0 Å². The summed E-state index contributed by atoms with van der Waals surface area (Å²) < 4.78 is 0. The lowest BCUT2D eigenvalue weighted by Gasteiger charge is -2.23. The first-order valence-corrected chi connectivity index (χ1v) is 10.5. The molecule has 172 valence electrons. The molecule has 0 fully saturated rings. The van der Waals surface area contributed by atoms with Crippen LogP contribution in [0.15, 0.2) is 4.99 Å². The van der Waals surface area contributed by atoms with Crippen molar-refractivity contribution in [2.75, 3.05) is 31.7 Å². The summed E-state index contributed by atoms with van der Waals surface area (Å²) in [7, 11) is 0. The molecule has 0 rings (SSSR count). The standard InChI is InChI=1S/C16H31N7O6S/c1-30-6-4-9(21-12(25)7-17)13(26)23-11(8-24)14(27)22-10(15(28)29)3-2-5-20-16(18)19/h9-11,24H,2-8,17H2,1H3,(H,21,25)(H,22,27)(H,23,26)(H,28,29)(H4,18,19,20). The molecule has 30 heavy (non-hydrogen) atoms. The van der Waals surface area contributed by atoms with Crippen molar-refractivity contribution in [3.05, 3.63) is 0 Å². The monoisotopic (exact) mass is 449 g/mol. The number of hydrogen-bond acceptors (Lipinski definition) is 8. The molecule has 0 aliphatic rings. The first-order chi connectivity index (χ1) is 14.2. The summed E-state index contributed by atoms with van der Waals surface area (Å²) in [6.07, 6.45) is 2.42. The topological polar surface area (TPSA) is 235 Å². The Balaban J connectivity index is 4.97. The predicted octanol–water partition coefficient (Wildman–Crippen LogP) is -3.72. The molecular weight excluding hydrogens is 418 g/mol. The summed E-state index contributed by atoms with van der Waals surface area (Å²) in [6, 6.07) is -3.62. The number of nitrogens with one attached hydrogen (secondary N) is 3. The average molecular weight is 450 g/mol. The Hall–Kier alpha value is -2.58. The quantitative estimate of drug-likeness (QED) is 0.0691. The number of guanidine groups is 1. The fraction of sp³-hybridized carbons (Fsp3) is 0.688. The normalized spacial score (nSPS) is 13.4. The SMILES string of the molecule is CSCCC(NC(=O)CN)C(=O)NC(CO)C(=O)NC(CCCN=C(N)N)C(=O)O. The van der Waals surface area contributed by atoms with E-state index in [0.29, 0.717) is 5.75 Å². The number of thioether (sulfide) groups is 1. The second kappa shape index (κ2) is 15.3. The molecule has 0 radical (unpaired) electrons. The molecule has 11 N–H and O–H groups in total. The van der Waals surface area contributed by atoms with Gasteiger partial charge in [0.15, 0.2) is 5.96 Å². The number of rotatable bonds is 15. The van der Waals surface area contributed by atoms with Crippen molar-refractivity contribution in [1.29, 1.82) is 0 Å². The first kappa shape index (κ1) is 27.4. The second-order valence-corrected chi connectivity index (χ2v) is 7.18. The van der Waals surface area contributed by atoms with Crippen LogP contribution in [-0.4, -0.2) is 89.7 Å². The molecule has 3 atom stereocenters. The van der Waals surface area contributed by atoms with Gasteiger partial charge in [-0.25, -0.2) is 4.79 Å². The molecule has 13 nitrogen and oxygen atoms in total. The first-order valence-electron chi connectivity index (χ1n) is 9.14. The van der Waals surface area contributed by atoms with Crippen LogP contribution in [0.25, 0.3) is 0 Å². The molecule has 0 bridgehead atoms. The van der Waals surface area contributed by atoms with Gasteiger partial charge in [-0.05, 0) is 31.3 Å². The highest BCUT2D eigenvalue weighted by atomic mass is 32.2. The Labute approximate surface area is 178 Å². The van der Waals surface area contributed by atoms with Crippen molar-refractivity contribution in [1.82, 2.24) is 16.0 Å². The van der Waals surface area contributed by atoms with Crippen LogP contribution in [0.3, 0.4) is 0 Å². The van der Waals surface area contributed by atoms with E-state index in [0.717, 1.165) is 0 Å². The molecule has 0 saturated heterocycles. The van der Waals surface area contributed by atoms with Crippen molar-refractivity contribution in [3.63, 3.8) is 0 Å². The highest BCUT2D eigenvalue weighted by Gasteiger charge is 2.28. The minimum atomic E-state index is -1.40. The lowest BCUT2D eigenvalue weighted by atomic mass is 10.1. The Morgan fingerprint density at radius 1 is 1.00 bits per heavy atom. The Morgan fingerprint density at radius 3 is 2.10 bits per heavy atom. The van der Waals surface area contributed by atoms with Gasteiger partial charge in [0, 0.05) is 6.54 Å². The maximum absolute atomic E-state index is 12.4. The number of carboxylic acid groups (broad SMARTS) is 1. The van der Waals surface area contributed by atoms with Gasteiger partial charge in [-0.2, -0.15) is 11.8 Å². The predicted molar refractivity (Wildman–Crippen MR) is 112 cm³/mol. The van der Waals surface area contributed by atoms with E-state index in [1.165, 1.54) is 11.8 Å². The molecular formula is C16H31N7O6S. The van der Waals surface area contributed by atoms with Crippen LogP contribution >= 0.6 is 11.8 Å². The number of nitrogens with zero attached hydrogens (tertiary/aromatic N) is 1. The number of carboxylic acids is 1. The van der Waals surface area contributed by atoms with Crippen molar-refractivity contribution in [2.45, 2.75) is 37.4 Å². The lowest BCUT2D eigenvalue weighted by Crippen LogP contribution is -2.57. The molecule has 0 saturated carbocycles. The van der Waals surface area contributed by atoms with Gasteiger partial charge in [0.1, 0.15) is 18.1 Å². The third kappa shape index (κ3) is 11.4. The Morgan fingerprint density at radius 2 is 1.60 bits per heavy atom. The van der Waals surface area contributed by atoms with Crippen LogP contribution < -0.4 is 33.2 Å². The van der Waals surface area contributed by atoms with Crippen molar-refractivity contribution >= 4 is 41.4 Å². The van der Waals surface area contributed by atoms with Gasteiger partial charge >= 0.3 is 5.97 Å². The average Bonchev–Trinajstić information content (AvgIpc) is 2.70. The number of aliphatic hydroxyl groups excluding tert-OH is 1. The van der Waals surface area contributed by atoms with Gasteiger partial charge in [-0.3, -0.25) is 19.4 Å². The summed E-state index contributed by atoms with van der Waals surface area (Å²) >= 11 is 1.45. The molecule has 0 aromatic carbocycles. The van der Waals surface area contributed by atoms with Crippen LogP contribution in [-0.2, 0) is 19.2 Å². The molecule has 0 aromatic rings. The lowest BCUT2D eigenvalue weighted by molar-refractivity contribution is -0.142. The molecule has 14 heteroatoms. The minimum Gasteiger partial charge on any atom is -0.480 e. The molecule has 0 aromatic heterocycles. The van der Waals surface area contributed by atoms with Crippen molar-refractivity contribution in [2.24, 2.45) is 22.2 Å². The number of hydrogen-bond donors (Lipinski definition) is 8. The van der Waals surface area contributed by atoms with E-state index < -0.39 is 48.4 Å². The van der Waals surface area contributed by atoms with E-state index in [-0.39, 0.29) is 38.3 Å². The fourth-order valence-electron chi connectivity index (χ4n) is 2.26. The van der Waals surface area contributed by atoms with E-state index in [9.17, 15) is 29.4 Å². The van der Waals surface area contributed by atoms with E-state index in [1.807, 2.05) is 6.26 Å². The van der Waals surface area contributed by atoms with Crippen LogP contribution in [0.5, 0.6) is 0 Å². The van der Waals surface area contributed by atoms with Gasteiger partial charge in [-0.1, -0.05) is 0 Å². The van der Waals surface area contributed by atoms with Crippen molar-refractivity contribution in [3.8, 4) is 0 Å². The molecule has 0 aliphatic heterocycles. The highest BCUT2D eigenvalue weighted by Crippen LogP contribution is 2.03. The summed E-state index contributed by atoms with van der Waals surface area (Å²) in [6.45, 7) is -0.898. The number of aliphatic imine (C=N–C) groups is 1. The zero-order valence-corrected chi connectivity index (χ0v) is 17.6. The van der Waals surface area contributed by atoms with Gasteiger partial charge in [0.2, 0.25) is 17.7 Å². The third-order valence-electron chi connectivity index (χ3n) is 3.82. The van der Waals surface area contributed by atoms with Crippen LogP contribution in [0, 0.1) is 0 Å². The van der Waals surface area contributed by atoms with Gasteiger partial charge in [0.25, 0.3) is 0 Å². The number of amides is 3. The van der Waals surface area contributed by atoms with E-state index in [4.69, 9.17) is 17.2 Å². The number of aliphatic carboxylic acids is 1. The summed E-state index contributed by atoms with van der Waals surface area (Å²) in [5.41, 5.74) is 15.6. The third-order valence-corrected chi connectivity index (χ3v) is 4.47. The van der Waals surface area contributed by atoms with Crippen LogP contribution in [0.1, 0.15) is 19.3 Å². The Bertz CT molecular complexity index is 615. The zero-order valence-electron chi connectivity index (χ0n) is 16.8. The summed E-state index contributed by atoms with van der Waals surface area (Å²) in [5.74, 6) is -2.99. The van der Waals surface area contributed by atoms with Crippen LogP contribution in [0.4, 0.5) is 0 Å². The maximum Gasteiger partial charge on any atom is 0.326 e. The minimum absolute atomic E-state index is 0.0346. The molecule has 3 unspecified atom stereocenters. The highest BCUT2D eigenvalue weighted by molar-refractivity contribution is 7.98. The van der Waals surface area contributed by atoms with E-state index >= 15 is 0 Å². The maximum atomic E-state index is 12.4. The number of carbonyl (C=O) groups excluding carboxylic acids is 3. The van der Waals surface area contributed by atoms with Crippen molar-refractivity contribution < 1.29 is 29.4 Å². The molecule has 0 aliphatic carbocycles.